The smallest absolute Gasteiger partial charge is 0.303 e. The van der Waals surface area contributed by atoms with E-state index in [1.54, 1.807) is 6.92 Å². The van der Waals surface area contributed by atoms with Crippen LogP contribution in [0.25, 0.3) is 0 Å². The van der Waals surface area contributed by atoms with Gasteiger partial charge in [0.05, 0.1) is 13.2 Å². The number of aliphatic carboxylic acids is 1. The Morgan fingerprint density at radius 2 is 1.18 bits per heavy atom. The predicted molar refractivity (Wildman–Crippen MR) is 56.1 cm³/mol. The Morgan fingerprint density at radius 3 is 1.29 bits per heavy atom. The number of carboxylic acid groups (broad SMARTS) is 1. The van der Waals surface area contributed by atoms with Gasteiger partial charge in [0.15, 0.2) is 0 Å². The minimum Gasteiger partial charge on any atom is -0.481 e. The summed E-state index contributed by atoms with van der Waals surface area (Å²) in [5.41, 5.74) is 0. The number of carbonyl (C=O) groups is 1. The fourth-order valence-electron chi connectivity index (χ4n) is 0.671. The lowest BCUT2D eigenvalue weighted by atomic mass is 10.0. The van der Waals surface area contributed by atoms with E-state index in [1.807, 2.05) is 0 Å². The van der Waals surface area contributed by atoms with Gasteiger partial charge in [-0.25, -0.2) is 0 Å². The van der Waals surface area contributed by atoms with Gasteiger partial charge in [0, 0.05) is 6.42 Å². The fourth-order valence-corrected chi connectivity index (χ4v) is 0.671. The summed E-state index contributed by atoms with van der Waals surface area (Å²) in [5, 5.41) is 59.9. The van der Waals surface area contributed by atoms with Crippen molar-refractivity contribution in [1.82, 2.24) is 0 Å². The van der Waals surface area contributed by atoms with E-state index in [2.05, 4.69) is 0 Å². The monoisotopic (exact) mass is 256 g/mol. The predicted octanol–water partition coefficient (Wildman–Crippen LogP) is -3.10. The molecule has 8 nitrogen and oxygen atoms in total. The molecule has 0 aliphatic carbocycles. The Balaban J connectivity index is 0. The molecule has 8 heteroatoms. The summed E-state index contributed by atoms with van der Waals surface area (Å²) in [7, 11) is 0. The van der Waals surface area contributed by atoms with Gasteiger partial charge in [-0.05, 0) is 0 Å². The molecule has 0 spiro atoms. The molecule has 4 atom stereocenters. The molecule has 0 aromatic heterocycles. The minimum absolute atomic E-state index is 0.222. The summed E-state index contributed by atoms with van der Waals surface area (Å²) >= 11 is 0. The second-order valence-electron chi connectivity index (χ2n) is 3.23. The van der Waals surface area contributed by atoms with Crippen LogP contribution in [0.3, 0.4) is 0 Å². The minimum atomic E-state index is -1.67. The van der Waals surface area contributed by atoms with Crippen LogP contribution in [0.1, 0.15) is 13.3 Å². The van der Waals surface area contributed by atoms with Crippen molar-refractivity contribution >= 4 is 5.97 Å². The summed E-state index contributed by atoms with van der Waals surface area (Å²) in [4.78, 5) is 9.37. The first kappa shape index (κ1) is 18.6. The Labute approximate surface area is 98.4 Å². The zero-order valence-electron chi connectivity index (χ0n) is 9.47. The maximum absolute atomic E-state index is 9.37. The van der Waals surface area contributed by atoms with Crippen LogP contribution in [-0.2, 0) is 4.79 Å². The Kier molecular flexibility index (Phi) is 11.4. The fraction of sp³-hybridized carbons (Fsp3) is 0.889. The zero-order valence-corrected chi connectivity index (χ0v) is 9.47. The van der Waals surface area contributed by atoms with Crippen LogP contribution in [0.5, 0.6) is 0 Å². The SMILES string of the molecule is CCC(=O)O.OCC(O)C(O)C(O)C(O)CO. The Morgan fingerprint density at radius 1 is 0.941 bits per heavy atom. The molecule has 4 unspecified atom stereocenters. The number of hydrogen-bond donors (Lipinski definition) is 7. The van der Waals surface area contributed by atoms with Crippen LogP contribution in [-0.4, -0.2) is 79.3 Å². The quantitative estimate of drug-likeness (QED) is 0.263. The van der Waals surface area contributed by atoms with Crippen molar-refractivity contribution < 1.29 is 40.5 Å². The molecule has 0 aliphatic heterocycles. The van der Waals surface area contributed by atoms with Crippen LogP contribution in [0, 0.1) is 0 Å². The molecule has 0 radical (unpaired) electrons. The van der Waals surface area contributed by atoms with Crippen LogP contribution in [0.4, 0.5) is 0 Å². The number of aliphatic hydroxyl groups excluding tert-OH is 6. The highest BCUT2D eigenvalue weighted by atomic mass is 16.4. The molecule has 0 fully saturated rings. The molecule has 0 heterocycles. The zero-order chi connectivity index (χ0) is 14.0. The van der Waals surface area contributed by atoms with Crippen molar-refractivity contribution in [2.24, 2.45) is 0 Å². The lowest BCUT2D eigenvalue weighted by Crippen LogP contribution is -2.46. The molecule has 0 aromatic carbocycles. The summed E-state index contributed by atoms with van der Waals surface area (Å²) in [5.74, 6) is -0.745. The van der Waals surface area contributed by atoms with Gasteiger partial charge in [0.2, 0.25) is 0 Å². The normalized spacial score (nSPS) is 17.4. The maximum Gasteiger partial charge on any atom is 0.303 e. The third kappa shape index (κ3) is 8.98. The van der Waals surface area contributed by atoms with E-state index in [-0.39, 0.29) is 6.42 Å². The topological polar surface area (TPSA) is 159 Å². The van der Waals surface area contributed by atoms with E-state index in [0.717, 1.165) is 0 Å². The third-order valence-corrected chi connectivity index (χ3v) is 1.81. The van der Waals surface area contributed by atoms with Gasteiger partial charge in [-0.2, -0.15) is 0 Å². The molecule has 7 N–H and O–H groups in total. The Hall–Kier alpha value is -0.770. The molecule has 0 aliphatic rings. The van der Waals surface area contributed by atoms with Crippen LogP contribution >= 0.6 is 0 Å². The van der Waals surface area contributed by atoms with E-state index in [4.69, 9.17) is 35.7 Å². The van der Waals surface area contributed by atoms with Crippen molar-refractivity contribution in [2.75, 3.05) is 13.2 Å². The average Bonchev–Trinajstić information content (AvgIpc) is 2.35. The molecule has 0 bridgehead atoms. The van der Waals surface area contributed by atoms with Crippen LogP contribution in [0.15, 0.2) is 0 Å². The molecule has 104 valence electrons. The van der Waals surface area contributed by atoms with Gasteiger partial charge in [0.25, 0.3) is 0 Å². The highest BCUT2D eigenvalue weighted by Gasteiger charge is 2.29. The van der Waals surface area contributed by atoms with Gasteiger partial charge in [-0.15, -0.1) is 0 Å². The van der Waals surface area contributed by atoms with Gasteiger partial charge in [-0.3, -0.25) is 4.79 Å². The average molecular weight is 256 g/mol. The summed E-state index contributed by atoms with van der Waals surface area (Å²) in [6.45, 7) is 0.148. The number of carboxylic acids is 1. The standard InChI is InChI=1S/C6H14O6.C3H6O2/c7-1-3(9)5(11)6(12)4(10)2-8;1-2-3(4)5/h3-12H,1-2H2;2H2,1H3,(H,4,5). The molecular weight excluding hydrogens is 236 g/mol. The first-order chi connectivity index (χ1) is 7.81. The summed E-state index contributed by atoms with van der Waals surface area (Å²) < 4.78 is 0. The lowest BCUT2D eigenvalue weighted by molar-refractivity contribution is -0.136. The van der Waals surface area contributed by atoms with Gasteiger partial charge >= 0.3 is 5.97 Å². The van der Waals surface area contributed by atoms with Crippen molar-refractivity contribution in [2.45, 2.75) is 37.8 Å². The van der Waals surface area contributed by atoms with E-state index >= 15 is 0 Å². The van der Waals surface area contributed by atoms with Crippen molar-refractivity contribution in [3.63, 3.8) is 0 Å². The number of hydrogen-bond acceptors (Lipinski definition) is 7. The highest BCUT2D eigenvalue weighted by molar-refractivity contribution is 5.66. The van der Waals surface area contributed by atoms with Gasteiger partial charge in [-0.1, -0.05) is 6.92 Å². The van der Waals surface area contributed by atoms with Crippen molar-refractivity contribution in [3.05, 3.63) is 0 Å². The molecular formula is C9H20O8. The molecule has 0 aromatic rings. The van der Waals surface area contributed by atoms with Gasteiger partial charge in [0.1, 0.15) is 24.4 Å². The van der Waals surface area contributed by atoms with Crippen LogP contribution < -0.4 is 0 Å². The molecule has 17 heavy (non-hydrogen) atoms. The van der Waals surface area contributed by atoms with Crippen molar-refractivity contribution in [1.29, 1.82) is 0 Å². The van der Waals surface area contributed by atoms with E-state index < -0.39 is 43.6 Å². The summed E-state index contributed by atoms with van der Waals surface area (Å²) in [6.07, 6.45) is -6.17. The third-order valence-electron chi connectivity index (χ3n) is 1.81. The molecule has 0 saturated heterocycles. The highest BCUT2D eigenvalue weighted by Crippen LogP contribution is 2.03. The maximum atomic E-state index is 9.37. The lowest BCUT2D eigenvalue weighted by Gasteiger charge is -2.24. The van der Waals surface area contributed by atoms with Crippen molar-refractivity contribution in [3.8, 4) is 0 Å². The molecule has 0 saturated carbocycles. The first-order valence-electron chi connectivity index (χ1n) is 4.97. The molecule has 0 rings (SSSR count). The Bertz CT molecular complexity index is 183. The van der Waals surface area contributed by atoms with E-state index in [0.29, 0.717) is 0 Å². The first-order valence-corrected chi connectivity index (χ1v) is 4.97. The second-order valence-corrected chi connectivity index (χ2v) is 3.23. The van der Waals surface area contributed by atoms with Crippen LogP contribution in [0.2, 0.25) is 0 Å². The van der Waals surface area contributed by atoms with E-state index in [1.165, 1.54) is 0 Å². The number of rotatable bonds is 6. The largest absolute Gasteiger partial charge is 0.481 e. The number of aliphatic hydroxyl groups is 6. The second kappa shape index (κ2) is 10.4. The van der Waals surface area contributed by atoms with E-state index in [9.17, 15) is 4.79 Å². The van der Waals surface area contributed by atoms with Gasteiger partial charge < -0.3 is 35.7 Å². The summed E-state index contributed by atoms with van der Waals surface area (Å²) in [6, 6.07) is 0. The molecule has 0 amide bonds.